The molecule has 3 N–H and O–H groups in total. The van der Waals surface area contributed by atoms with Gasteiger partial charge in [-0.15, -0.1) is 0 Å². The first-order valence-corrected chi connectivity index (χ1v) is 6.69. The molecule has 0 aliphatic carbocycles. The van der Waals surface area contributed by atoms with Crippen LogP contribution in [0.1, 0.15) is 0 Å². The van der Waals surface area contributed by atoms with Gasteiger partial charge in [-0.1, -0.05) is 6.07 Å². The lowest BCUT2D eigenvalue weighted by molar-refractivity contribution is -0.991. The molecule has 166 valence electrons. The Labute approximate surface area is 152 Å². The number of hydrogen-bond acceptors (Lipinski definition) is 4. The smallest absolute Gasteiger partial charge is 0.462 e. The Bertz CT molecular complexity index is 750. The molecule has 1 rings (SSSR count). The highest BCUT2D eigenvalue weighted by Gasteiger charge is 2.79. The van der Waals surface area contributed by atoms with Gasteiger partial charge in [0.25, 0.3) is 5.91 Å². The number of amides is 1. The number of alkyl halides is 11. The van der Waals surface area contributed by atoms with Crippen LogP contribution in [-0.2, 0) is 9.53 Å². The van der Waals surface area contributed by atoms with Gasteiger partial charge in [0.2, 0.25) is 0 Å². The molecule has 2 atom stereocenters. The molecule has 0 aliphatic heterocycles. The fourth-order valence-corrected chi connectivity index (χ4v) is 1.58. The molecule has 29 heavy (non-hydrogen) atoms. The van der Waals surface area contributed by atoms with Gasteiger partial charge in [0.15, 0.2) is 5.69 Å². The number of carbonyl (C=O) groups is 1. The Morgan fingerprint density at radius 3 is 1.90 bits per heavy atom. The number of halogens is 11. The standard InChI is InChI=1S/C12H7F11N2O4/c13-8(10(16,17)18,29-12(22,23)9(14,15)11(19,20)21)7(26)24-5-2-1-3-6(4-5)25(27)28/h1-4,25,27H,(H,24,26)/t8-/m1/s1. The summed E-state index contributed by atoms with van der Waals surface area (Å²) in [4.78, 5) is 11.5. The molecule has 1 unspecified atom stereocenters. The summed E-state index contributed by atoms with van der Waals surface area (Å²) in [5, 5.41) is 18.6. The van der Waals surface area contributed by atoms with Gasteiger partial charge in [0.05, 0.1) is 0 Å². The van der Waals surface area contributed by atoms with Crippen LogP contribution >= 0.6 is 0 Å². The van der Waals surface area contributed by atoms with E-state index < -0.39 is 52.7 Å². The molecule has 0 radical (unpaired) electrons. The minimum atomic E-state index is -7.31. The highest BCUT2D eigenvalue weighted by atomic mass is 19.4. The van der Waals surface area contributed by atoms with Crippen molar-refractivity contribution in [3.8, 4) is 0 Å². The van der Waals surface area contributed by atoms with Crippen LogP contribution in [0.4, 0.5) is 59.7 Å². The Morgan fingerprint density at radius 2 is 1.48 bits per heavy atom. The number of rotatable bonds is 6. The molecular formula is C12H7F11N2O4. The van der Waals surface area contributed by atoms with E-state index in [1.807, 2.05) is 0 Å². The van der Waals surface area contributed by atoms with E-state index in [9.17, 15) is 58.3 Å². The van der Waals surface area contributed by atoms with Crippen LogP contribution in [-0.4, -0.2) is 41.4 Å². The number of quaternary nitrogens is 1. The molecule has 0 aromatic heterocycles. The average Bonchev–Trinajstić information content (AvgIpc) is 2.52. The molecule has 0 bridgehead atoms. The molecular weight excluding hydrogens is 445 g/mol. The predicted molar refractivity (Wildman–Crippen MR) is 67.8 cm³/mol. The van der Waals surface area contributed by atoms with Crippen LogP contribution in [0.2, 0.25) is 0 Å². The monoisotopic (exact) mass is 452 g/mol. The van der Waals surface area contributed by atoms with E-state index in [1.54, 1.807) is 0 Å². The first-order chi connectivity index (χ1) is 12.8. The van der Waals surface area contributed by atoms with Crippen LogP contribution in [0, 0.1) is 5.21 Å². The number of nitrogens with one attached hydrogen (secondary N) is 2. The molecule has 1 aromatic carbocycles. The Hall–Kier alpha value is -2.24. The van der Waals surface area contributed by atoms with Crippen molar-refractivity contribution in [2.75, 3.05) is 5.32 Å². The quantitative estimate of drug-likeness (QED) is 0.458. The van der Waals surface area contributed by atoms with E-state index >= 15 is 0 Å². The Kier molecular flexibility index (Phi) is 6.45. The molecule has 0 saturated carbocycles. The largest absolute Gasteiger partial charge is 0.595 e. The highest BCUT2D eigenvalue weighted by Crippen LogP contribution is 2.51. The van der Waals surface area contributed by atoms with Gasteiger partial charge in [-0.3, -0.25) is 9.53 Å². The zero-order chi connectivity index (χ0) is 23.1. The van der Waals surface area contributed by atoms with Gasteiger partial charge in [0.1, 0.15) is 0 Å². The van der Waals surface area contributed by atoms with Gasteiger partial charge in [-0.05, 0) is 6.07 Å². The fourth-order valence-electron chi connectivity index (χ4n) is 1.58. The molecule has 0 fully saturated rings. The van der Waals surface area contributed by atoms with Gasteiger partial charge in [-0.25, -0.2) is 5.21 Å². The van der Waals surface area contributed by atoms with Crippen molar-refractivity contribution in [1.82, 2.24) is 0 Å². The first-order valence-electron chi connectivity index (χ1n) is 6.69. The van der Waals surface area contributed by atoms with Crippen molar-refractivity contribution in [2.24, 2.45) is 0 Å². The number of benzene rings is 1. The lowest BCUT2D eigenvalue weighted by atomic mass is 10.2. The van der Waals surface area contributed by atoms with Crippen LogP contribution in [0.25, 0.3) is 0 Å². The number of carbonyl (C=O) groups excluding carboxylic acids is 1. The van der Waals surface area contributed by atoms with E-state index in [4.69, 9.17) is 5.21 Å². The topological polar surface area (TPSA) is 86.1 Å². The highest BCUT2D eigenvalue weighted by molar-refractivity contribution is 5.97. The van der Waals surface area contributed by atoms with Crippen LogP contribution in [0.3, 0.4) is 0 Å². The normalized spacial score (nSPS) is 16.9. The maximum absolute atomic E-state index is 14.0. The number of anilines is 1. The van der Waals surface area contributed by atoms with Gasteiger partial charge in [-0.2, -0.15) is 53.5 Å². The van der Waals surface area contributed by atoms with Crippen molar-refractivity contribution in [1.29, 1.82) is 0 Å². The zero-order valence-electron chi connectivity index (χ0n) is 13.1. The number of hydrogen-bond donors (Lipinski definition) is 3. The summed E-state index contributed by atoms with van der Waals surface area (Å²) in [5.74, 6) is -17.0. The maximum Gasteiger partial charge on any atom is 0.462 e. The zero-order valence-corrected chi connectivity index (χ0v) is 13.1. The molecule has 0 saturated heterocycles. The third-order valence-electron chi connectivity index (χ3n) is 3.01. The molecule has 17 heteroatoms. The van der Waals surface area contributed by atoms with Crippen molar-refractivity contribution in [3.05, 3.63) is 29.5 Å². The average molecular weight is 452 g/mol. The second kappa shape index (κ2) is 7.54. The summed E-state index contributed by atoms with van der Waals surface area (Å²) in [6.07, 6.45) is -21.2. The second-order valence-corrected chi connectivity index (χ2v) is 5.12. The third-order valence-corrected chi connectivity index (χ3v) is 3.01. The van der Waals surface area contributed by atoms with Crippen molar-refractivity contribution in [3.63, 3.8) is 0 Å². The molecule has 0 spiro atoms. The van der Waals surface area contributed by atoms with Crippen molar-refractivity contribution in [2.45, 2.75) is 30.2 Å². The molecule has 0 aliphatic rings. The van der Waals surface area contributed by atoms with E-state index in [0.29, 0.717) is 12.1 Å². The van der Waals surface area contributed by atoms with Crippen molar-refractivity contribution < 1.29 is 68.3 Å². The van der Waals surface area contributed by atoms with E-state index in [0.717, 1.165) is 17.4 Å². The Morgan fingerprint density at radius 1 is 0.966 bits per heavy atom. The summed E-state index contributed by atoms with van der Waals surface area (Å²) >= 11 is 0. The Balaban J connectivity index is 3.32. The fraction of sp³-hybridized carbons (Fsp3) is 0.417. The molecule has 1 aromatic rings. The SMILES string of the molecule is O=C(Nc1cccc([NH+]([O-])O)c1)[C@@](F)(OC(F)(F)C(F)(F)C(F)(F)F)C(F)(F)F. The second-order valence-electron chi connectivity index (χ2n) is 5.12. The number of ether oxygens (including phenoxy) is 1. The molecule has 6 nitrogen and oxygen atoms in total. The van der Waals surface area contributed by atoms with Crippen molar-refractivity contribution >= 4 is 17.3 Å². The predicted octanol–water partition coefficient (Wildman–Crippen LogP) is 3.06. The summed E-state index contributed by atoms with van der Waals surface area (Å²) in [6, 6.07) is 2.65. The summed E-state index contributed by atoms with van der Waals surface area (Å²) < 4.78 is 142. The summed E-state index contributed by atoms with van der Waals surface area (Å²) in [5.41, 5.74) is -1.66. The van der Waals surface area contributed by atoms with E-state index in [-0.39, 0.29) is 0 Å². The molecule has 1 amide bonds. The van der Waals surface area contributed by atoms with E-state index in [2.05, 4.69) is 4.74 Å². The minimum Gasteiger partial charge on any atom is -0.595 e. The lowest BCUT2D eigenvalue weighted by Crippen LogP contribution is -2.99. The minimum absolute atomic E-state index is 0.402. The van der Waals surface area contributed by atoms with Gasteiger partial charge >= 0.3 is 30.2 Å². The maximum atomic E-state index is 14.0. The van der Waals surface area contributed by atoms with Gasteiger partial charge < -0.3 is 10.5 Å². The van der Waals surface area contributed by atoms with E-state index in [1.165, 1.54) is 0 Å². The van der Waals surface area contributed by atoms with Crippen LogP contribution in [0.5, 0.6) is 0 Å². The molecule has 0 heterocycles. The first kappa shape index (κ1) is 24.8. The summed E-state index contributed by atoms with van der Waals surface area (Å²) in [7, 11) is 0. The summed E-state index contributed by atoms with van der Waals surface area (Å²) in [6.45, 7) is 0. The van der Waals surface area contributed by atoms with Crippen LogP contribution in [0.15, 0.2) is 24.3 Å². The van der Waals surface area contributed by atoms with Crippen LogP contribution < -0.4 is 10.5 Å². The van der Waals surface area contributed by atoms with Gasteiger partial charge in [0, 0.05) is 17.8 Å². The lowest BCUT2D eigenvalue weighted by Gasteiger charge is -2.34. The third kappa shape index (κ3) is 4.85.